The Bertz CT molecular complexity index is 709. The minimum atomic E-state index is -0.940. The maximum atomic E-state index is 13.5. The highest BCUT2D eigenvalue weighted by Crippen LogP contribution is 2.21. The van der Waals surface area contributed by atoms with Gasteiger partial charge in [0.05, 0.1) is 5.92 Å². The van der Waals surface area contributed by atoms with Crippen LogP contribution < -0.4 is 5.32 Å². The molecule has 0 saturated heterocycles. The number of aliphatic carboxylic acids is 1. The van der Waals surface area contributed by atoms with E-state index >= 15 is 0 Å². The molecular formula is C19H20FNO3S. The maximum absolute atomic E-state index is 13.5. The molecule has 0 aliphatic heterocycles. The number of carboxylic acid groups (broad SMARTS) is 1. The van der Waals surface area contributed by atoms with Crippen LogP contribution in [-0.2, 0) is 16.0 Å². The third kappa shape index (κ3) is 6.58. The number of carbonyl (C=O) groups is 2. The van der Waals surface area contributed by atoms with Crippen LogP contribution >= 0.6 is 11.8 Å². The van der Waals surface area contributed by atoms with Gasteiger partial charge < -0.3 is 10.4 Å². The van der Waals surface area contributed by atoms with Gasteiger partial charge in [0.25, 0.3) is 0 Å². The Labute approximate surface area is 150 Å². The lowest BCUT2D eigenvalue weighted by Crippen LogP contribution is -2.34. The smallest absolute Gasteiger partial charge is 0.308 e. The second kappa shape index (κ2) is 9.84. The zero-order valence-corrected chi connectivity index (χ0v) is 14.5. The Kier molecular flexibility index (Phi) is 7.47. The predicted octanol–water partition coefficient (Wildman–Crippen LogP) is 3.37. The van der Waals surface area contributed by atoms with Gasteiger partial charge in [0, 0.05) is 23.6 Å². The van der Waals surface area contributed by atoms with E-state index in [-0.39, 0.29) is 24.7 Å². The van der Waals surface area contributed by atoms with Gasteiger partial charge >= 0.3 is 5.97 Å². The van der Waals surface area contributed by atoms with Crippen molar-refractivity contribution in [2.75, 3.05) is 12.3 Å². The van der Waals surface area contributed by atoms with Crippen LogP contribution in [0, 0.1) is 11.7 Å². The summed E-state index contributed by atoms with van der Waals surface area (Å²) in [6.07, 6.45) is 0.567. The molecule has 0 aromatic heterocycles. The van der Waals surface area contributed by atoms with E-state index in [0.29, 0.717) is 17.1 Å². The first kappa shape index (κ1) is 19.0. The topological polar surface area (TPSA) is 66.4 Å². The van der Waals surface area contributed by atoms with E-state index in [1.807, 2.05) is 30.3 Å². The van der Waals surface area contributed by atoms with Crippen LogP contribution in [0.15, 0.2) is 59.5 Å². The maximum Gasteiger partial charge on any atom is 0.308 e. The largest absolute Gasteiger partial charge is 0.481 e. The number of halogens is 1. The summed E-state index contributed by atoms with van der Waals surface area (Å²) < 4.78 is 13.5. The van der Waals surface area contributed by atoms with Crippen molar-refractivity contribution in [1.29, 1.82) is 0 Å². The van der Waals surface area contributed by atoms with Crippen LogP contribution in [0.25, 0.3) is 0 Å². The van der Waals surface area contributed by atoms with Gasteiger partial charge in [-0.3, -0.25) is 9.59 Å². The lowest BCUT2D eigenvalue weighted by molar-refractivity contribution is -0.141. The Balaban J connectivity index is 1.75. The molecule has 1 amide bonds. The van der Waals surface area contributed by atoms with Crippen LogP contribution in [-0.4, -0.2) is 29.3 Å². The van der Waals surface area contributed by atoms with Crippen LogP contribution in [0.5, 0.6) is 0 Å². The quantitative estimate of drug-likeness (QED) is 0.672. The molecule has 1 atom stereocenters. The molecule has 2 aromatic carbocycles. The van der Waals surface area contributed by atoms with E-state index in [1.165, 1.54) is 17.8 Å². The van der Waals surface area contributed by atoms with Crippen molar-refractivity contribution in [1.82, 2.24) is 5.32 Å². The first-order chi connectivity index (χ1) is 12.1. The molecule has 25 heavy (non-hydrogen) atoms. The van der Waals surface area contributed by atoms with Crippen molar-refractivity contribution in [2.24, 2.45) is 5.92 Å². The monoisotopic (exact) mass is 361 g/mol. The second-order valence-electron chi connectivity index (χ2n) is 5.56. The molecule has 0 heterocycles. The molecule has 0 saturated carbocycles. The van der Waals surface area contributed by atoms with Gasteiger partial charge in [0.15, 0.2) is 0 Å². The van der Waals surface area contributed by atoms with Gasteiger partial charge in [-0.15, -0.1) is 11.8 Å². The van der Waals surface area contributed by atoms with Crippen molar-refractivity contribution < 1.29 is 19.1 Å². The average Bonchev–Trinajstić information content (AvgIpc) is 2.61. The van der Waals surface area contributed by atoms with E-state index in [1.54, 1.807) is 18.2 Å². The highest BCUT2D eigenvalue weighted by molar-refractivity contribution is 7.99. The minimum Gasteiger partial charge on any atom is -0.481 e. The van der Waals surface area contributed by atoms with Gasteiger partial charge in [-0.1, -0.05) is 42.5 Å². The van der Waals surface area contributed by atoms with Gasteiger partial charge in [-0.25, -0.2) is 4.39 Å². The Morgan fingerprint density at radius 1 is 1.08 bits per heavy atom. The zero-order valence-electron chi connectivity index (χ0n) is 13.7. The fourth-order valence-corrected chi connectivity index (χ4v) is 3.17. The summed E-state index contributed by atoms with van der Waals surface area (Å²) in [4.78, 5) is 23.7. The summed E-state index contributed by atoms with van der Waals surface area (Å²) in [6.45, 7) is 0.0768. The van der Waals surface area contributed by atoms with Gasteiger partial charge in [-0.2, -0.15) is 0 Å². The number of benzene rings is 2. The number of thioether (sulfide) groups is 1. The van der Waals surface area contributed by atoms with Crippen molar-refractivity contribution in [3.63, 3.8) is 0 Å². The number of nitrogens with one attached hydrogen (secondary N) is 1. The van der Waals surface area contributed by atoms with Gasteiger partial charge in [0.1, 0.15) is 5.82 Å². The predicted molar refractivity (Wildman–Crippen MR) is 96.0 cm³/mol. The fraction of sp³-hybridized carbons (Fsp3) is 0.263. The number of carbonyl (C=O) groups excluding carboxylic acids is 1. The minimum absolute atomic E-state index is 0.0768. The van der Waals surface area contributed by atoms with Crippen molar-refractivity contribution in [2.45, 2.75) is 17.7 Å². The van der Waals surface area contributed by atoms with Gasteiger partial charge in [0.2, 0.25) is 5.91 Å². The van der Waals surface area contributed by atoms with Crippen molar-refractivity contribution in [3.8, 4) is 0 Å². The highest BCUT2D eigenvalue weighted by Gasteiger charge is 2.18. The summed E-state index contributed by atoms with van der Waals surface area (Å²) in [5.41, 5.74) is 0.916. The average molecular weight is 361 g/mol. The highest BCUT2D eigenvalue weighted by atomic mass is 32.2. The SMILES string of the molecule is O=C(CCSc1ccccc1F)NCC(Cc1ccccc1)C(=O)O. The molecule has 2 aromatic rings. The normalized spacial score (nSPS) is 11.7. The summed E-state index contributed by atoms with van der Waals surface area (Å²) in [5, 5.41) is 12.0. The third-order valence-electron chi connectivity index (χ3n) is 3.64. The second-order valence-corrected chi connectivity index (χ2v) is 6.69. The van der Waals surface area contributed by atoms with E-state index < -0.39 is 11.9 Å². The number of hydrogen-bond donors (Lipinski definition) is 2. The molecule has 1 unspecified atom stereocenters. The van der Waals surface area contributed by atoms with Gasteiger partial charge in [-0.05, 0) is 24.1 Å². The molecule has 0 radical (unpaired) electrons. The number of carboxylic acids is 1. The Morgan fingerprint density at radius 2 is 1.76 bits per heavy atom. The summed E-state index contributed by atoms with van der Waals surface area (Å²) >= 11 is 1.27. The number of rotatable bonds is 9. The Hall–Kier alpha value is -2.34. The molecular weight excluding hydrogens is 341 g/mol. The molecule has 2 rings (SSSR count). The molecule has 0 aliphatic rings. The molecule has 132 valence electrons. The summed E-state index contributed by atoms with van der Waals surface area (Å²) in [6, 6.07) is 15.7. The lowest BCUT2D eigenvalue weighted by atomic mass is 9.99. The molecule has 2 N–H and O–H groups in total. The van der Waals surface area contributed by atoms with Crippen LogP contribution in [0.2, 0.25) is 0 Å². The first-order valence-electron chi connectivity index (χ1n) is 7.97. The molecule has 0 fully saturated rings. The van der Waals surface area contributed by atoms with E-state index in [9.17, 15) is 19.1 Å². The zero-order chi connectivity index (χ0) is 18.1. The molecule has 0 spiro atoms. The van der Waals surface area contributed by atoms with Crippen LogP contribution in [0.1, 0.15) is 12.0 Å². The van der Waals surface area contributed by atoms with E-state index in [2.05, 4.69) is 5.32 Å². The van der Waals surface area contributed by atoms with Crippen molar-refractivity contribution >= 4 is 23.6 Å². The molecule has 0 aliphatic carbocycles. The van der Waals surface area contributed by atoms with E-state index in [4.69, 9.17) is 0 Å². The molecule has 6 heteroatoms. The van der Waals surface area contributed by atoms with E-state index in [0.717, 1.165) is 5.56 Å². The van der Waals surface area contributed by atoms with Crippen molar-refractivity contribution in [3.05, 3.63) is 66.0 Å². The summed E-state index contributed by atoms with van der Waals surface area (Å²) in [5.74, 6) is -1.72. The first-order valence-corrected chi connectivity index (χ1v) is 8.95. The third-order valence-corrected chi connectivity index (χ3v) is 4.69. The number of hydrogen-bond acceptors (Lipinski definition) is 3. The lowest BCUT2D eigenvalue weighted by Gasteiger charge is -2.13. The molecule has 4 nitrogen and oxygen atoms in total. The molecule has 0 bridgehead atoms. The fourth-order valence-electron chi connectivity index (χ4n) is 2.29. The standard InChI is InChI=1S/C19H20FNO3S/c20-16-8-4-5-9-17(16)25-11-10-18(22)21-13-15(19(23)24)12-14-6-2-1-3-7-14/h1-9,15H,10-13H2,(H,21,22)(H,23,24). The summed E-state index contributed by atoms with van der Waals surface area (Å²) in [7, 11) is 0. The number of amides is 1. The van der Waals surface area contributed by atoms with Crippen LogP contribution in [0.3, 0.4) is 0 Å². The van der Waals surface area contributed by atoms with Crippen LogP contribution in [0.4, 0.5) is 4.39 Å². The Morgan fingerprint density at radius 3 is 2.44 bits per heavy atom.